The Kier molecular flexibility index (Phi) is 5.23. The average Bonchev–Trinajstić information content (AvgIpc) is 3.12. The maximum atomic E-state index is 14.8. The molecule has 0 unspecified atom stereocenters. The molecule has 1 aromatic carbocycles. The van der Waals surface area contributed by atoms with Gasteiger partial charge in [-0.25, -0.2) is 4.39 Å². The molecular weight excluding hydrogens is 427 g/mol. The van der Waals surface area contributed by atoms with E-state index in [0.717, 1.165) is 33.8 Å². The van der Waals surface area contributed by atoms with Gasteiger partial charge in [-0.15, -0.1) is 0 Å². The minimum atomic E-state index is -0.373. The third-order valence-corrected chi connectivity index (χ3v) is 5.96. The molecule has 1 N–H and O–H groups in total. The van der Waals surface area contributed by atoms with E-state index in [1.54, 1.807) is 30.7 Å². The zero-order valence-electron chi connectivity index (χ0n) is 17.4. The second-order valence-electron chi connectivity index (χ2n) is 7.79. The van der Waals surface area contributed by atoms with Crippen LogP contribution in [0, 0.1) is 12.7 Å². The van der Waals surface area contributed by atoms with E-state index in [1.165, 1.54) is 6.07 Å². The second kappa shape index (κ2) is 8.20. The highest BCUT2D eigenvalue weighted by Crippen LogP contribution is 2.41. The smallest absolute Gasteiger partial charge is 0.253 e. The molecule has 4 aromatic rings. The van der Waals surface area contributed by atoms with Gasteiger partial charge in [0.25, 0.3) is 5.91 Å². The van der Waals surface area contributed by atoms with Crippen LogP contribution in [0.4, 0.5) is 4.39 Å². The van der Waals surface area contributed by atoms with Gasteiger partial charge in [-0.05, 0) is 48.9 Å². The number of pyridine rings is 2. The van der Waals surface area contributed by atoms with Crippen LogP contribution in [-0.2, 0) is 13.0 Å². The predicted molar refractivity (Wildman–Crippen MR) is 122 cm³/mol. The molecule has 0 bridgehead atoms. The van der Waals surface area contributed by atoms with Gasteiger partial charge >= 0.3 is 0 Å². The predicted octanol–water partition coefficient (Wildman–Crippen LogP) is 5.05. The molecule has 7 heteroatoms. The van der Waals surface area contributed by atoms with Crippen LogP contribution < -0.4 is 5.32 Å². The third kappa shape index (κ3) is 3.56. The van der Waals surface area contributed by atoms with Gasteiger partial charge in [0.1, 0.15) is 5.82 Å². The van der Waals surface area contributed by atoms with Crippen molar-refractivity contribution in [1.29, 1.82) is 0 Å². The summed E-state index contributed by atoms with van der Waals surface area (Å²) in [6, 6.07) is 12.4. The molecule has 5 rings (SSSR count). The van der Waals surface area contributed by atoms with E-state index in [4.69, 9.17) is 11.6 Å². The molecule has 0 fully saturated rings. The topological polar surface area (TPSA) is 59.8 Å². The summed E-state index contributed by atoms with van der Waals surface area (Å²) >= 11 is 5.97. The molecule has 160 valence electrons. The molecule has 32 heavy (non-hydrogen) atoms. The minimum Gasteiger partial charge on any atom is -0.352 e. The SMILES string of the molecule is Cc1cc(-c2c3c(n(Cc4ccc(Cl)cc4F)c2-c2ccncc2)CCNC3=O)ccn1. The zero-order valence-corrected chi connectivity index (χ0v) is 18.2. The molecular formula is C25H20ClFN4O. The van der Waals surface area contributed by atoms with Gasteiger partial charge < -0.3 is 9.88 Å². The molecule has 4 heterocycles. The standard InChI is InChI=1S/C25H20ClFN4O/c1-15-12-17(6-10-29-15)22-23-21(7-11-30-25(23)32)31(24(22)16-4-8-28-9-5-16)14-18-2-3-19(26)13-20(18)27/h2-6,8-10,12-13H,7,11,14H2,1H3,(H,30,32). The largest absolute Gasteiger partial charge is 0.352 e. The fourth-order valence-corrected chi connectivity index (χ4v) is 4.50. The molecule has 5 nitrogen and oxygen atoms in total. The Hall–Kier alpha value is -3.51. The first-order valence-electron chi connectivity index (χ1n) is 10.3. The lowest BCUT2D eigenvalue weighted by Gasteiger charge is -2.18. The summed E-state index contributed by atoms with van der Waals surface area (Å²) in [6.07, 6.45) is 5.83. The summed E-state index contributed by atoms with van der Waals surface area (Å²) in [7, 11) is 0. The van der Waals surface area contributed by atoms with E-state index in [-0.39, 0.29) is 18.3 Å². The summed E-state index contributed by atoms with van der Waals surface area (Å²) in [5.41, 5.74) is 6.35. The first kappa shape index (κ1) is 20.4. The van der Waals surface area contributed by atoms with Crippen molar-refractivity contribution >= 4 is 17.5 Å². The molecule has 0 saturated carbocycles. The number of amides is 1. The summed E-state index contributed by atoms with van der Waals surface area (Å²) in [4.78, 5) is 21.5. The van der Waals surface area contributed by atoms with Crippen molar-refractivity contribution in [2.75, 3.05) is 6.54 Å². The van der Waals surface area contributed by atoms with Gasteiger partial charge in [0.2, 0.25) is 0 Å². The maximum Gasteiger partial charge on any atom is 0.253 e. The van der Waals surface area contributed by atoms with Crippen LogP contribution >= 0.6 is 11.6 Å². The van der Waals surface area contributed by atoms with E-state index in [1.807, 2.05) is 31.2 Å². The molecule has 0 atom stereocenters. The number of hydrogen-bond donors (Lipinski definition) is 1. The first-order valence-corrected chi connectivity index (χ1v) is 10.7. The number of nitrogens with zero attached hydrogens (tertiary/aromatic N) is 3. The average molecular weight is 447 g/mol. The van der Waals surface area contributed by atoms with Crippen molar-refractivity contribution in [3.63, 3.8) is 0 Å². The Labute approximate surface area is 189 Å². The van der Waals surface area contributed by atoms with E-state index < -0.39 is 0 Å². The Morgan fingerprint density at radius 3 is 2.59 bits per heavy atom. The number of rotatable bonds is 4. The first-order chi connectivity index (χ1) is 15.5. The number of aryl methyl sites for hydroxylation is 1. The lowest BCUT2D eigenvalue weighted by atomic mass is 9.95. The van der Waals surface area contributed by atoms with Gasteiger partial charge in [-0.2, -0.15) is 0 Å². The zero-order chi connectivity index (χ0) is 22.2. The van der Waals surface area contributed by atoms with E-state index in [9.17, 15) is 9.18 Å². The highest BCUT2D eigenvalue weighted by Gasteiger charge is 2.31. The summed E-state index contributed by atoms with van der Waals surface area (Å²) < 4.78 is 16.8. The molecule has 3 aromatic heterocycles. The molecule has 0 spiro atoms. The number of fused-ring (bicyclic) bond motifs is 1. The number of halogens is 2. The lowest BCUT2D eigenvalue weighted by Crippen LogP contribution is -2.32. The number of carbonyl (C=O) groups excluding carboxylic acids is 1. The van der Waals surface area contributed by atoms with Crippen molar-refractivity contribution in [2.45, 2.75) is 19.9 Å². The molecule has 0 radical (unpaired) electrons. The molecule has 1 aliphatic rings. The van der Waals surface area contributed by atoms with E-state index in [0.29, 0.717) is 29.1 Å². The Morgan fingerprint density at radius 2 is 1.84 bits per heavy atom. The molecule has 0 aliphatic carbocycles. The van der Waals surface area contributed by atoms with Gasteiger partial charge in [0, 0.05) is 64.7 Å². The van der Waals surface area contributed by atoms with Gasteiger partial charge in [0.15, 0.2) is 0 Å². The number of benzene rings is 1. The van der Waals surface area contributed by atoms with Crippen LogP contribution in [0.15, 0.2) is 61.1 Å². The number of carbonyl (C=O) groups is 1. The van der Waals surface area contributed by atoms with Crippen molar-refractivity contribution in [3.05, 3.63) is 94.4 Å². The van der Waals surface area contributed by atoms with Crippen LogP contribution in [0.2, 0.25) is 5.02 Å². The summed E-state index contributed by atoms with van der Waals surface area (Å²) in [5, 5.41) is 3.32. The Balaban J connectivity index is 1.83. The maximum absolute atomic E-state index is 14.8. The monoisotopic (exact) mass is 446 g/mol. The van der Waals surface area contributed by atoms with E-state index in [2.05, 4.69) is 19.9 Å². The van der Waals surface area contributed by atoms with Crippen molar-refractivity contribution in [1.82, 2.24) is 19.9 Å². The normalized spacial score (nSPS) is 13.0. The molecule has 1 amide bonds. The van der Waals surface area contributed by atoms with Crippen LogP contribution in [-0.4, -0.2) is 27.0 Å². The van der Waals surface area contributed by atoms with Crippen LogP contribution in [0.3, 0.4) is 0 Å². The van der Waals surface area contributed by atoms with Gasteiger partial charge in [-0.3, -0.25) is 14.8 Å². The Bertz CT molecular complexity index is 1330. The van der Waals surface area contributed by atoms with Crippen molar-refractivity contribution in [3.8, 4) is 22.4 Å². The van der Waals surface area contributed by atoms with Crippen molar-refractivity contribution < 1.29 is 9.18 Å². The number of nitrogens with one attached hydrogen (secondary N) is 1. The Morgan fingerprint density at radius 1 is 1.06 bits per heavy atom. The van der Waals surface area contributed by atoms with Gasteiger partial charge in [0.05, 0.1) is 17.8 Å². The summed E-state index contributed by atoms with van der Waals surface area (Å²) in [6.45, 7) is 2.73. The molecule has 0 saturated heterocycles. The highest BCUT2D eigenvalue weighted by molar-refractivity contribution is 6.30. The minimum absolute atomic E-state index is 0.124. The van der Waals surface area contributed by atoms with Crippen LogP contribution in [0.1, 0.15) is 27.3 Å². The number of hydrogen-bond acceptors (Lipinski definition) is 3. The summed E-state index contributed by atoms with van der Waals surface area (Å²) in [5.74, 6) is -0.497. The van der Waals surface area contributed by atoms with Crippen LogP contribution in [0.5, 0.6) is 0 Å². The third-order valence-electron chi connectivity index (χ3n) is 5.73. The quantitative estimate of drug-likeness (QED) is 0.477. The van der Waals surface area contributed by atoms with Gasteiger partial charge in [-0.1, -0.05) is 17.7 Å². The molecule has 1 aliphatic heterocycles. The second-order valence-corrected chi connectivity index (χ2v) is 8.23. The highest BCUT2D eigenvalue weighted by atomic mass is 35.5. The fraction of sp³-hybridized carbons (Fsp3) is 0.160. The van der Waals surface area contributed by atoms with E-state index >= 15 is 0 Å². The number of aromatic nitrogens is 3. The lowest BCUT2D eigenvalue weighted by molar-refractivity contribution is 0.0946. The fourth-order valence-electron chi connectivity index (χ4n) is 4.34. The van der Waals surface area contributed by atoms with Crippen LogP contribution in [0.25, 0.3) is 22.4 Å². The van der Waals surface area contributed by atoms with Crippen molar-refractivity contribution in [2.24, 2.45) is 0 Å².